The summed E-state index contributed by atoms with van der Waals surface area (Å²) in [5.74, 6) is 2.13. The second-order valence-electron chi connectivity index (χ2n) is 7.95. The maximum Gasteiger partial charge on any atom is 0.230 e. The first-order chi connectivity index (χ1) is 16.1. The summed E-state index contributed by atoms with van der Waals surface area (Å²) in [5, 5.41) is 12.6. The van der Waals surface area contributed by atoms with Crippen LogP contribution >= 0.6 is 11.8 Å². The van der Waals surface area contributed by atoms with Gasteiger partial charge in [0.2, 0.25) is 5.91 Å². The zero-order valence-electron chi connectivity index (χ0n) is 18.9. The molecule has 0 bridgehead atoms. The molecule has 4 rings (SSSR count). The van der Waals surface area contributed by atoms with E-state index in [1.54, 1.807) is 6.26 Å². The van der Waals surface area contributed by atoms with Crippen LogP contribution in [0.5, 0.6) is 0 Å². The van der Waals surface area contributed by atoms with Crippen LogP contribution in [0.15, 0.2) is 82.6 Å². The van der Waals surface area contributed by atoms with E-state index in [4.69, 9.17) is 4.42 Å². The van der Waals surface area contributed by atoms with Crippen LogP contribution in [0.1, 0.15) is 36.1 Å². The zero-order chi connectivity index (χ0) is 23.0. The highest BCUT2D eigenvalue weighted by Crippen LogP contribution is 2.26. The number of hydrogen-bond acceptors (Lipinski definition) is 5. The lowest BCUT2D eigenvalue weighted by Crippen LogP contribution is -2.29. The molecular formula is C26H28N4O2S. The van der Waals surface area contributed by atoms with E-state index < -0.39 is 0 Å². The van der Waals surface area contributed by atoms with Gasteiger partial charge >= 0.3 is 0 Å². The van der Waals surface area contributed by atoms with E-state index in [2.05, 4.69) is 53.6 Å². The minimum absolute atomic E-state index is 0.0148. The first kappa shape index (κ1) is 22.9. The summed E-state index contributed by atoms with van der Waals surface area (Å²) in [5.41, 5.74) is 3.38. The van der Waals surface area contributed by atoms with Gasteiger partial charge in [0.1, 0.15) is 5.76 Å². The van der Waals surface area contributed by atoms with Gasteiger partial charge in [-0.25, -0.2) is 0 Å². The van der Waals surface area contributed by atoms with Crippen LogP contribution in [0.2, 0.25) is 0 Å². The molecule has 2 aromatic carbocycles. The lowest BCUT2D eigenvalue weighted by molar-refractivity contribution is -0.118. The Hall–Kier alpha value is -3.32. The number of benzene rings is 2. The molecule has 33 heavy (non-hydrogen) atoms. The predicted molar refractivity (Wildman–Crippen MR) is 131 cm³/mol. The number of nitrogens with zero attached hydrogens (tertiary/aromatic N) is 3. The molecule has 0 radical (unpaired) electrons. The molecule has 0 fully saturated rings. The van der Waals surface area contributed by atoms with E-state index in [1.807, 2.05) is 47.0 Å². The monoisotopic (exact) mass is 460 g/mol. The van der Waals surface area contributed by atoms with Gasteiger partial charge in [-0.15, -0.1) is 10.2 Å². The van der Waals surface area contributed by atoms with Gasteiger partial charge in [-0.2, -0.15) is 0 Å². The first-order valence-electron chi connectivity index (χ1n) is 11.1. The Morgan fingerprint density at radius 3 is 2.67 bits per heavy atom. The average Bonchev–Trinajstić information content (AvgIpc) is 3.49. The Kier molecular flexibility index (Phi) is 7.62. The Morgan fingerprint density at radius 1 is 1.09 bits per heavy atom. The summed E-state index contributed by atoms with van der Waals surface area (Å²) in [6, 6.07) is 22.2. The second-order valence-corrected chi connectivity index (χ2v) is 8.89. The molecule has 2 aromatic heterocycles. The molecule has 2 heterocycles. The summed E-state index contributed by atoms with van der Waals surface area (Å²) in [6.45, 7) is 5.31. The number of furan rings is 1. The van der Waals surface area contributed by atoms with Crippen molar-refractivity contribution >= 4 is 17.7 Å². The molecule has 170 valence electrons. The molecule has 0 saturated carbocycles. The molecule has 0 saturated heterocycles. The number of nitrogens with one attached hydrogen (secondary N) is 1. The van der Waals surface area contributed by atoms with Gasteiger partial charge in [0.15, 0.2) is 11.0 Å². The van der Waals surface area contributed by atoms with Gasteiger partial charge in [-0.1, -0.05) is 72.8 Å². The molecular weight excluding hydrogens is 432 g/mol. The summed E-state index contributed by atoms with van der Waals surface area (Å²) in [7, 11) is 0. The number of aromatic nitrogens is 3. The smallest absolute Gasteiger partial charge is 0.230 e. The van der Waals surface area contributed by atoms with Gasteiger partial charge < -0.3 is 9.73 Å². The standard InChI is InChI=1S/C26H28N4O2S/c1-3-20(21-10-5-4-6-11-21)16-27-24(31)18-33-26-29-28-25(22-12-7-9-19(2)15-22)30(26)17-23-13-8-14-32-23/h4-15,20H,3,16-18H2,1-2H3,(H,27,31)/t20-/m0/s1. The molecule has 0 aliphatic carbocycles. The van der Waals surface area contributed by atoms with E-state index in [9.17, 15) is 4.79 Å². The molecule has 0 spiro atoms. The molecule has 1 amide bonds. The molecule has 4 aromatic rings. The van der Waals surface area contributed by atoms with Crippen molar-refractivity contribution in [3.8, 4) is 11.4 Å². The van der Waals surface area contributed by atoms with Crippen molar-refractivity contribution in [2.24, 2.45) is 0 Å². The van der Waals surface area contributed by atoms with E-state index in [1.165, 1.54) is 17.3 Å². The molecule has 1 N–H and O–H groups in total. The number of amides is 1. The molecule has 0 unspecified atom stereocenters. The number of rotatable bonds is 10. The molecule has 6 nitrogen and oxygen atoms in total. The second kappa shape index (κ2) is 11.0. The van der Waals surface area contributed by atoms with Gasteiger partial charge in [0, 0.05) is 18.0 Å². The first-order valence-corrected chi connectivity index (χ1v) is 12.1. The number of thioether (sulfide) groups is 1. The van der Waals surface area contributed by atoms with Gasteiger partial charge in [0.05, 0.1) is 18.6 Å². The van der Waals surface area contributed by atoms with Crippen LogP contribution in [0.3, 0.4) is 0 Å². The molecule has 0 aliphatic heterocycles. The van der Waals surface area contributed by atoms with Crippen molar-refractivity contribution in [2.45, 2.75) is 37.9 Å². The van der Waals surface area contributed by atoms with Crippen molar-refractivity contribution in [2.75, 3.05) is 12.3 Å². The SMILES string of the molecule is CC[C@@H](CNC(=O)CSc1nnc(-c2cccc(C)c2)n1Cc1ccco1)c1ccccc1. The summed E-state index contributed by atoms with van der Waals surface area (Å²) in [4.78, 5) is 12.6. The maximum absolute atomic E-state index is 12.6. The largest absolute Gasteiger partial charge is 0.467 e. The highest BCUT2D eigenvalue weighted by molar-refractivity contribution is 7.99. The fourth-order valence-corrected chi connectivity index (χ4v) is 4.50. The van der Waals surface area contributed by atoms with Crippen molar-refractivity contribution < 1.29 is 9.21 Å². The van der Waals surface area contributed by atoms with Crippen LogP contribution in [-0.4, -0.2) is 33.0 Å². The van der Waals surface area contributed by atoms with Crippen LogP contribution in [0.4, 0.5) is 0 Å². The topological polar surface area (TPSA) is 73.0 Å². The summed E-state index contributed by atoms with van der Waals surface area (Å²) >= 11 is 1.39. The van der Waals surface area contributed by atoms with E-state index >= 15 is 0 Å². The third-order valence-corrected chi connectivity index (χ3v) is 6.50. The average molecular weight is 461 g/mol. The van der Waals surface area contributed by atoms with Crippen molar-refractivity contribution in [3.05, 3.63) is 89.9 Å². The summed E-state index contributed by atoms with van der Waals surface area (Å²) < 4.78 is 7.56. The molecule has 0 aliphatic rings. The van der Waals surface area contributed by atoms with Gasteiger partial charge in [-0.05, 0) is 37.1 Å². The Bertz CT molecular complexity index is 1170. The van der Waals surface area contributed by atoms with Crippen molar-refractivity contribution in [3.63, 3.8) is 0 Å². The number of aryl methyl sites for hydroxylation is 1. The predicted octanol–water partition coefficient (Wildman–Crippen LogP) is 5.30. The minimum Gasteiger partial charge on any atom is -0.467 e. The minimum atomic E-state index is -0.0148. The normalized spacial score (nSPS) is 11.9. The lowest BCUT2D eigenvalue weighted by Gasteiger charge is -2.16. The van der Waals surface area contributed by atoms with E-state index in [0.717, 1.165) is 29.1 Å². The Balaban J connectivity index is 1.44. The number of carbonyl (C=O) groups excluding carboxylic acids is 1. The molecule has 7 heteroatoms. The fraction of sp³-hybridized carbons (Fsp3) is 0.269. The molecule has 1 atom stereocenters. The lowest BCUT2D eigenvalue weighted by atomic mass is 9.96. The van der Waals surface area contributed by atoms with E-state index in [-0.39, 0.29) is 11.7 Å². The Labute approximate surface area is 198 Å². The van der Waals surface area contributed by atoms with Crippen molar-refractivity contribution in [1.82, 2.24) is 20.1 Å². The van der Waals surface area contributed by atoms with Crippen molar-refractivity contribution in [1.29, 1.82) is 0 Å². The summed E-state index contributed by atoms with van der Waals surface area (Å²) in [6.07, 6.45) is 2.62. The highest BCUT2D eigenvalue weighted by Gasteiger charge is 2.18. The maximum atomic E-state index is 12.6. The zero-order valence-corrected chi connectivity index (χ0v) is 19.7. The van der Waals surface area contributed by atoms with Gasteiger partial charge in [0.25, 0.3) is 0 Å². The van der Waals surface area contributed by atoms with Crippen LogP contribution in [0, 0.1) is 6.92 Å². The third kappa shape index (κ3) is 5.93. The highest BCUT2D eigenvalue weighted by atomic mass is 32.2. The third-order valence-electron chi connectivity index (χ3n) is 5.53. The van der Waals surface area contributed by atoms with Crippen LogP contribution in [0.25, 0.3) is 11.4 Å². The Morgan fingerprint density at radius 2 is 1.94 bits per heavy atom. The van der Waals surface area contributed by atoms with Crippen LogP contribution in [-0.2, 0) is 11.3 Å². The van der Waals surface area contributed by atoms with Crippen LogP contribution < -0.4 is 5.32 Å². The van der Waals surface area contributed by atoms with E-state index in [0.29, 0.717) is 24.2 Å². The van der Waals surface area contributed by atoms with Gasteiger partial charge in [-0.3, -0.25) is 9.36 Å². The number of carbonyl (C=O) groups is 1. The quantitative estimate of drug-likeness (QED) is 0.325. The number of hydrogen-bond donors (Lipinski definition) is 1. The fourth-order valence-electron chi connectivity index (χ4n) is 3.74.